The summed E-state index contributed by atoms with van der Waals surface area (Å²) in [5.41, 5.74) is 1.17. The smallest absolute Gasteiger partial charge is 0.348 e. The number of aromatic amines is 1. The van der Waals surface area contributed by atoms with Gasteiger partial charge in [0.1, 0.15) is 11.9 Å². The van der Waals surface area contributed by atoms with Crippen LogP contribution in [0.1, 0.15) is 68.1 Å². The number of esters is 3. The van der Waals surface area contributed by atoms with Crippen LogP contribution in [0, 0.1) is 4.91 Å². The molecule has 1 spiro atoms. The number of nitroso groups, excluding NO2 is 1. The summed E-state index contributed by atoms with van der Waals surface area (Å²) in [6.07, 6.45) is 8.13. The molecule has 3 aliphatic heterocycles. The van der Waals surface area contributed by atoms with Gasteiger partial charge >= 0.3 is 17.9 Å². The molecule has 2 atom stereocenters. The number of H-pyrrole nitrogens is 1. The van der Waals surface area contributed by atoms with Crippen LogP contribution < -0.4 is 4.74 Å². The summed E-state index contributed by atoms with van der Waals surface area (Å²) >= 11 is 0. The summed E-state index contributed by atoms with van der Waals surface area (Å²) in [4.78, 5) is 53.8. The predicted octanol–water partition coefficient (Wildman–Crippen LogP) is 6.47. The number of quaternary nitrogens is 1. The molecule has 3 saturated heterocycles. The van der Waals surface area contributed by atoms with Gasteiger partial charge in [-0.15, -0.1) is 0 Å². The Hall–Kier alpha value is -4.87. The minimum Gasteiger partial charge on any atom is -0.459 e. The van der Waals surface area contributed by atoms with Gasteiger partial charge in [0.05, 0.1) is 44.6 Å². The van der Waals surface area contributed by atoms with Gasteiger partial charge in [0.2, 0.25) is 5.60 Å². The van der Waals surface area contributed by atoms with Crippen molar-refractivity contribution in [2.45, 2.75) is 81.6 Å². The van der Waals surface area contributed by atoms with E-state index in [0.29, 0.717) is 35.4 Å². The van der Waals surface area contributed by atoms with Crippen molar-refractivity contribution >= 4 is 28.8 Å². The van der Waals surface area contributed by atoms with Crippen molar-refractivity contribution in [1.29, 1.82) is 0 Å². The Morgan fingerprint density at radius 2 is 1.49 bits per heavy atom. The van der Waals surface area contributed by atoms with Crippen LogP contribution in [-0.4, -0.2) is 72.0 Å². The van der Waals surface area contributed by atoms with E-state index >= 15 is 0 Å². The molecule has 4 aromatic rings. The number of rotatable bonds is 14. The summed E-state index contributed by atoms with van der Waals surface area (Å²) < 4.78 is 24.9. The first-order valence-corrected chi connectivity index (χ1v) is 18.0. The minimum atomic E-state index is -1.68. The maximum absolute atomic E-state index is 14.5. The van der Waals surface area contributed by atoms with Crippen LogP contribution in [0.5, 0.6) is 5.75 Å². The van der Waals surface area contributed by atoms with Crippen molar-refractivity contribution in [3.05, 3.63) is 107 Å². The molecule has 3 aliphatic rings. The number of hydrogen-bond acceptors (Lipinski definition) is 9. The highest BCUT2D eigenvalue weighted by Gasteiger charge is 2.57. The van der Waals surface area contributed by atoms with Gasteiger partial charge in [-0.25, -0.2) is 4.79 Å². The van der Waals surface area contributed by atoms with E-state index in [-0.39, 0.29) is 25.5 Å². The number of fused-ring (bicyclic) bond motifs is 1. The molecule has 11 nitrogen and oxygen atoms in total. The SMILES string of the molecule is O=NCCc1c[nH]c2ccc(OC(=O)CCC(=O)OCOC(C(=O)OC3CC4CCC(C3)[N+]43CCCC3)(c3ccccc3)c3ccccc3)cc12. The molecule has 0 amide bonds. The lowest BCUT2D eigenvalue weighted by Gasteiger charge is -2.47. The van der Waals surface area contributed by atoms with E-state index in [1.54, 1.807) is 24.4 Å². The van der Waals surface area contributed by atoms with Crippen molar-refractivity contribution in [2.75, 3.05) is 26.4 Å². The van der Waals surface area contributed by atoms with Crippen molar-refractivity contribution in [1.82, 2.24) is 4.98 Å². The second-order valence-corrected chi connectivity index (χ2v) is 13.9. The largest absolute Gasteiger partial charge is 0.459 e. The van der Waals surface area contributed by atoms with Crippen LogP contribution >= 0.6 is 0 Å². The number of nitrogens with one attached hydrogen (secondary N) is 1. The molecule has 51 heavy (non-hydrogen) atoms. The molecule has 7 rings (SSSR count). The number of hydrogen-bond donors (Lipinski definition) is 1. The molecular weight excluding hydrogens is 650 g/mol. The average molecular weight is 695 g/mol. The van der Waals surface area contributed by atoms with Crippen LogP contribution in [0.2, 0.25) is 0 Å². The van der Waals surface area contributed by atoms with Crippen LogP contribution in [0.3, 0.4) is 0 Å². The zero-order chi connectivity index (χ0) is 35.3. The standard InChI is InChI=1S/C40H44N3O8/c44-37(17-18-38(45)50-33-15-16-36-35(25-33)28(26-41-36)19-20-42-47)48-27-49-40(29-9-3-1-4-10-29,30-11-5-2-6-12-30)39(46)51-34-23-31-13-14-32(24-34)43(31)21-7-8-22-43/h1-6,9-12,15-16,25-26,31-32,34,41H,7-8,13-14,17-24,27H2/q+1. The van der Waals surface area contributed by atoms with E-state index in [4.69, 9.17) is 18.9 Å². The third kappa shape index (κ3) is 7.05. The molecule has 3 aromatic carbocycles. The molecule has 1 N–H and O–H groups in total. The van der Waals surface area contributed by atoms with Gasteiger partial charge in [-0.3, -0.25) is 9.59 Å². The molecule has 266 valence electrons. The monoisotopic (exact) mass is 694 g/mol. The minimum absolute atomic E-state index is 0.142. The van der Waals surface area contributed by atoms with Gasteiger partial charge in [-0.1, -0.05) is 65.8 Å². The maximum atomic E-state index is 14.5. The lowest BCUT2D eigenvalue weighted by molar-refractivity contribution is -0.956. The molecule has 3 fully saturated rings. The molecule has 2 unspecified atom stereocenters. The summed E-state index contributed by atoms with van der Waals surface area (Å²) in [7, 11) is 0. The first-order chi connectivity index (χ1) is 24.9. The Kier molecular flexibility index (Phi) is 10.3. The van der Waals surface area contributed by atoms with Crippen LogP contribution in [0.15, 0.2) is 90.2 Å². The van der Waals surface area contributed by atoms with E-state index < -0.39 is 30.3 Å². The topological polar surface area (TPSA) is 133 Å². The Labute approximate surface area is 296 Å². The van der Waals surface area contributed by atoms with Crippen LogP contribution in [0.25, 0.3) is 10.9 Å². The third-order valence-corrected chi connectivity index (χ3v) is 11.1. The molecule has 4 heterocycles. The number of ether oxygens (including phenoxy) is 4. The first-order valence-electron chi connectivity index (χ1n) is 18.0. The van der Waals surface area contributed by atoms with Gasteiger partial charge in [0, 0.05) is 55.6 Å². The van der Waals surface area contributed by atoms with Crippen molar-refractivity contribution < 1.29 is 37.8 Å². The van der Waals surface area contributed by atoms with E-state index in [1.807, 2.05) is 60.7 Å². The molecule has 1 aromatic heterocycles. The molecule has 0 radical (unpaired) electrons. The van der Waals surface area contributed by atoms with E-state index in [2.05, 4.69) is 10.2 Å². The number of carbonyl (C=O) groups excluding carboxylic acids is 3. The summed E-state index contributed by atoms with van der Waals surface area (Å²) in [6.45, 7) is 2.06. The zero-order valence-electron chi connectivity index (χ0n) is 28.7. The van der Waals surface area contributed by atoms with Crippen LogP contribution in [0.4, 0.5) is 0 Å². The fourth-order valence-corrected chi connectivity index (χ4v) is 8.75. The Morgan fingerprint density at radius 3 is 2.14 bits per heavy atom. The molecular formula is C40H44N3O8+. The number of piperidine rings is 1. The summed E-state index contributed by atoms with van der Waals surface area (Å²) in [5.74, 6) is -1.50. The van der Waals surface area contributed by atoms with E-state index in [1.165, 1.54) is 43.3 Å². The zero-order valence-corrected chi connectivity index (χ0v) is 28.7. The summed E-state index contributed by atoms with van der Waals surface area (Å²) in [5, 5.41) is 3.75. The second kappa shape index (κ2) is 15.2. The van der Waals surface area contributed by atoms with Crippen LogP contribution in [-0.2, 0) is 40.6 Å². The van der Waals surface area contributed by atoms with Crippen molar-refractivity contribution in [3.63, 3.8) is 0 Å². The quantitative estimate of drug-likeness (QED) is 0.0522. The Balaban J connectivity index is 1.01. The predicted molar refractivity (Wildman–Crippen MR) is 188 cm³/mol. The van der Waals surface area contributed by atoms with Gasteiger partial charge in [0.25, 0.3) is 0 Å². The fraction of sp³-hybridized carbons (Fsp3) is 0.425. The van der Waals surface area contributed by atoms with Gasteiger partial charge in [-0.2, -0.15) is 4.91 Å². The number of aromatic nitrogens is 1. The number of carbonyl (C=O) groups is 3. The van der Waals surface area contributed by atoms with E-state index in [0.717, 1.165) is 29.3 Å². The van der Waals surface area contributed by atoms with Gasteiger partial charge in [-0.05, 0) is 41.3 Å². The fourth-order valence-electron chi connectivity index (χ4n) is 8.75. The molecule has 0 saturated carbocycles. The Bertz CT molecular complexity index is 1800. The lowest BCUT2D eigenvalue weighted by Crippen LogP contribution is -2.60. The van der Waals surface area contributed by atoms with E-state index in [9.17, 15) is 19.3 Å². The van der Waals surface area contributed by atoms with Crippen molar-refractivity contribution in [2.24, 2.45) is 5.18 Å². The molecule has 11 heteroatoms. The van der Waals surface area contributed by atoms with Crippen molar-refractivity contribution in [3.8, 4) is 5.75 Å². The number of benzene rings is 3. The second-order valence-electron chi connectivity index (χ2n) is 13.9. The molecule has 0 aliphatic carbocycles. The highest BCUT2D eigenvalue weighted by Crippen LogP contribution is 2.47. The summed E-state index contributed by atoms with van der Waals surface area (Å²) in [6, 6.07) is 24.5. The highest BCUT2D eigenvalue weighted by atomic mass is 16.7. The lowest BCUT2D eigenvalue weighted by atomic mass is 9.85. The van der Waals surface area contributed by atoms with Gasteiger partial charge in [0.15, 0.2) is 6.79 Å². The highest BCUT2D eigenvalue weighted by molar-refractivity contribution is 5.87. The van der Waals surface area contributed by atoms with Gasteiger partial charge < -0.3 is 28.4 Å². The molecule has 2 bridgehead atoms. The normalized spacial score (nSPS) is 20.7. The maximum Gasteiger partial charge on any atom is 0.348 e. The average Bonchev–Trinajstić information content (AvgIpc) is 3.84. The Morgan fingerprint density at radius 1 is 0.843 bits per heavy atom. The first kappa shape index (κ1) is 34.6. The third-order valence-electron chi connectivity index (χ3n) is 11.1. The number of nitrogens with zero attached hydrogens (tertiary/aromatic N) is 2.